The van der Waals surface area contributed by atoms with E-state index in [4.69, 9.17) is 21.1 Å². The molecule has 0 spiro atoms. The number of methoxy groups -OCH3 is 2. The lowest BCUT2D eigenvalue weighted by Crippen LogP contribution is -2.44. The Balaban J connectivity index is 2.25. The summed E-state index contributed by atoms with van der Waals surface area (Å²) in [5, 5.41) is 3.35. The van der Waals surface area contributed by atoms with E-state index in [0.717, 1.165) is 0 Å². The molecule has 0 saturated heterocycles. The molecule has 3 rings (SSSR count). The van der Waals surface area contributed by atoms with Gasteiger partial charge in [-0.2, -0.15) is 14.3 Å². The Hall–Kier alpha value is -3.86. The number of sulfonamides is 1. The van der Waals surface area contributed by atoms with Crippen LogP contribution in [0.15, 0.2) is 70.7 Å². The second-order valence-electron chi connectivity index (χ2n) is 5.87. The number of nitrogens with two attached hydrogens (primary N) is 2. The number of aromatic nitrogens is 2. The van der Waals surface area contributed by atoms with E-state index >= 15 is 0 Å². The van der Waals surface area contributed by atoms with Crippen LogP contribution >= 0.6 is 0 Å². The van der Waals surface area contributed by atoms with Crippen molar-refractivity contribution in [2.45, 2.75) is 4.90 Å². The Bertz CT molecular complexity index is 1150. The molecule has 1 aromatic heterocycles. The molecule has 11 heteroatoms. The Labute approximate surface area is 173 Å². The first-order valence-electron chi connectivity index (χ1n) is 8.62. The summed E-state index contributed by atoms with van der Waals surface area (Å²) in [5.74, 6) is 4.58. The number of hydrazone groups is 1. The predicted molar refractivity (Wildman–Crippen MR) is 112 cm³/mol. The second-order valence-corrected chi connectivity index (χ2v) is 7.63. The van der Waals surface area contributed by atoms with Gasteiger partial charge in [-0.15, -0.1) is 5.10 Å². The van der Waals surface area contributed by atoms with Gasteiger partial charge in [0, 0.05) is 5.56 Å². The van der Waals surface area contributed by atoms with Crippen LogP contribution in [-0.2, 0) is 10.0 Å². The van der Waals surface area contributed by atoms with Crippen LogP contribution < -0.4 is 25.4 Å². The molecule has 0 saturated carbocycles. The lowest BCUT2D eigenvalue weighted by Gasteiger charge is -2.22. The first-order chi connectivity index (χ1) is 14.4. The van der Waals surface area contributed by atoms with E-state index in [9.17, 15) is 8.42 Å². The Kier molecular flexibility index (Phi) is 6.02. The van der Waals surface area contributed by atoms with Crippen LogP contribution in [0.5, 0.6) is 11.8 Å². The Morgan fingerprint density at radius 1 is 0.967 bits per heavy atom. The van der Waals surface area contributed by atoms with Crippen LogP contribution in [0.4, 0.5) is 5.95 Å². The highest BCUT2D eigenvalue weighted by Crippen LogP contribution is 2.31. The minimum absolute atomic E-state index is 0.0341. The SMILES string of the molecule is COc1cc(OC)nc(N(C(N)=NN)S(=O)(=O)c2ccccc2-c2ccccc2)n1. The van der Waals surface area contributed by atoms with Crippen molar-refractivity contribution in [1.82, 2.24) is 9.97 Å². The summed E-state index contributed by atoms with van der Waals surface area (Å²) in [4.78, 5) is 8.13. The summed E-state index contributed by atoms with van der Waals surface area (Å²) in [6.45, 7) is 0. The molecule has 0 unspecified atom stereocenters. The van der Waals surface area contributed by atoms with E-state index < -0.39 is 16.0 Å². The number of ether oxygens (including phenoxy) is 2. The molecule has 0 aliphatic rings. The zero-order valence-corrected chi connectivity index (χ0v) is 17.1. The van der Waals surface area contributed by atoms with Crippen LogP contribution in [0.25, 0.3) is 11.1 Å². The summed E-state index contributed by atoms with van der Waals surface area (Å²) < 4.78 is 38.2. The van der Waals surface area contributed by atoms with Crippen molar-refractivity contribution in [2.75, 3.05) is 18.5 Å². The lowest BCUT2D eigenvalue weighted by atomic mass is 10.1. The zero-order chi connectivity index (χ0) is 21.7. The third-order valence-corrected chi connectivity index (χ3v) is 5.84. The van der Waals surface area contributed by atoms with Crippen molar-refractivity contribution in [3.8, 4) is 22.9 Å². The Morgan fingerprint density at radius 2 is 1.53 bits per heavy atom. The number of rotatable bonds is 6. The van der Waals surface area contributed by atoms with Crippen LogP contribution in [0, 0.1) is 0 Å². The van der Waals surface area contributed by atoms with Crippen LogP contribution in [-0.4, -0.2) is 38.6 Å². The first-order valence-corrected chi connectivity index (χ1v) is 10.1. The number of benzene rings is 2. The molecular weight excluding hydrogens is 408 g/mol. The van der Waals surface area contributed by atoms with Crippen molar-refractivity contribution >= 4 is 21.9 Å². The van der Waals surface area contributed by atoms with E-state index in [1.54, 1.807) is 30.3 Å². The average Bonchev–Trinajstić information content (AvgIpc) is 2.79. The highest BCUT2D eigenvalue weighted by Gasteiger charge is 2.33. The molecule has 4 N–H and O–H groups in total. The van der Waals surface area contributed by atoms with Gasteiger partial charge in [0.2, 0.25) is 17.7 Å². The van der Waals surface area contributed by atoms with E-state index in [2.05, 4.69) is 15.1 Å². The van der Waals surface area contributed by atoms with Gasteiger partial charge < -0.3 is 21.1 Å². The third kappa shape index (κ3) is 3.96. The van der Waals surface area contributed by atoms with Crippen molar-refractivity contribution in [1.29, 1.82) is 0 Å². The smallest absolute Gasteiger partial charge is 0.274 e. The molecule has 0 fully saturated rings. The topological polar surface area (TPSA) is 146 Å². The predicted octanol–water partition coefficient (Wildman–Crippen LogP) is 1.54. The van der Waals surface area contributed by atoms with E-state index in [0.29, 0.717) is 15.4 Å². The van der Waals surface area contributed by atoms with Crippen LogP contribution in [0.1, 0.15) is 0 Å². The summed E-state index contributed by atoms with van der Waals surface area (Å²) in [7, 11) is -1.59. The Morgan fingerprint density at radius 3 is 2.10 bits per heavy atom. The number of anilines is 1. The fourth-order valence-electron chi connectivity index (χ4n) is 2.72. The minimum atomic E-state index is -4.33. The number of hydrogen-bond donors (Lipinski definition) is 2. The molecule has 0 aliphatic heterocycles. The molecule has 10 nitrogen and oxygen atoms in total. The quantitative estimate of drug-likeness (QED) is 0.260. The van der Waals surface area contributed by atoms with E-state index in [-0.39, 0.29) is 22.6 Å². The highest BCUT2D eigenvalue weighted by molar-refractivity contribution is 7.93. The standard InChI is InChI=1S/C19H20N6O4S/c1-28-16-12-17(29-2)23-19(22-16)25(18(20)24-21)30(26,27)15-11-7-6-10-14(15)13-8-4-3-5-9-13/h3-12H,21H2,1-2H3,(H2,20,24). The molecule has 0 aliphatic carbocycles. The van der Waals surface area contributed by atoms with Crippen molar-refractivity contribution < 1.29 is 17.9 Å². The third-order valence-electron chi connectivity index (χ3n) is 4.10. The monoisotopic (exact) mass is 428 g/mol. The number of guanidine groups is 1. The van der Waals surface area contributed by atoms with Gasteiger partial charge in [0.25, 0.3) is 16.0 Å². The van der Waals surface area contributed by atoms with Crippen molar-refractivity contribution in [3.63, 3.8) is 0 Å². The van der Waals surface area contributed by atoms with Gasteiger partial charge in [0.1, 0.15) is 0 Å². The molecule has 0 bridgehead atoms. The average molecular weight is 428 g/mol. The minimum Gasteiger partial charge on any atom is -0.481 e. The molecule has 0 amide bonds. The van der Waals surface area contributed by atoms with Crippen LogP contribution in [0.3, 0.4) is 0 Å². The summed E-state index contributed by atoms with van der Waals surface area (Å²) in [6, 6.07) is 16.9. The first kappa shape index (κ1) is 20.9. The molecule has 156 valence electrons. The maximum Gasteiger partial charge on any atom is 0.274 e. The number of hydrogen-bond acceptors (Lipinski definition) is 8. The van der Waals surface area contributed by atoms with Gasteiger partial charge in [0.15, 0.2) is 0 Å². The maximum atomic E-state index is 13.7. The van der Waals surface area contributed by atoms with Crippen molar-refractivity contribution in [3.05, 3.63) is 60.7 Å². The molecule has 30 heavy (non-hydrogen) atoms. The van der Waals surface area contributed by atoms with Gasteiger partial charge in [-0.25, -0.2) is 8.42 Å². The van der Waals surface area contributed by atoms with Gasteiger partial charge >= 0.3 is 0 Å². The number of nitrogens with zero attached hydrogens (tertiary/aromatic N) is 4. The summed E-state index contributed by atoms with van der Waals surface area (Å²) in [6.07, 6.45) is 0. The molecule has 1 heterocycles. The van der Waals surface area contributed by atoms with Gasteiger partial charge in [0.05, 0.1) is 25.2 Å². The van der Waals surface area contributed by atoms with Crippen molar-refractivity contribution in [2.24, 2.45) is 16.7 Å². The fourth-order valence-corrected chi connectivity index (χ4v) is 4.22. The van der Waals surface area contributed by atoms with Gasteiger partial charge in [-0.1, -0.05) is 48.5 Å². The van der Waals surface area contributed by atoms with E-state index in [1.165, 1.54) is 26.4 Å². The van der Waals surface area contributed by atoms with Crippen LogP contribution in [0.2, 0.25) is 0 Å². The maximum absolute atomic E-state index is 13.7. The normalized spacial score (nSPS) is 11.7. The van der Waals surface area contributed by atoms with Gasteiger partial charge in [-0.05, 0) is 11.6 Å². The highest BCUT2D eigenvalue weighted by atomic mass is 32.2. The zero-order valence-electron chi connectivity index (χ0n) is 16.3. The second kappa shape index (κ2) is 8.66. The molecule has 0 atom stereocenters. The molecule has 3 aromatic rings. The fraction of sp³-hybridized carbons (Fsp3) is 0.105. The molecule has 0 radical (unpaired) electrons. The molecule has 2 aromatic carbocycles. The largest absolute Gasteiger partial charge is 0.481 e. The van der Waals surface area contributed by atoms with Gasteiger partial charge in [-0.3, -0.25) is 0 Å². The summed E-state index contributed by atoms with van der Waals surface area (Å²) >= 11 is 0. The molecular formula is C19H20N6O4S. The lowest BCUT2D eigenvalue weighted by molar-refractivity contribution is 0.372. The van der Waals surface area contributed by atoms with E-state index in [1.807, 2.05) is 18.2 Å². The summed E-state index contributed by atoms with van der Waals surface area (Å²) in [5.41, 5.74) is 7.01.